The van der Waals surface area contributed by atoms with Crippen molar-refractivity contribution in [3.8, 4) is 5.75 Å². The van der Waals surface area contributed by atoms with E-state index in [1.807, 2.05) is 13.8 Å². The second kappa shape index (κ2) is 9.99. The summed E-state index contributed by atoms with van der Waals surface area (Å²) >= 11 is 5.99. The lowest BCUT2D eigenvalue weighted by atomic mass is 10.1. The van der Waals surface area contributed by atoms with Gasteiger partial charge in [0.2, 0.25) is 5.91 Å². The predicted octanol–water partition coefficient (Wildman–Crippen LogP) is 4.72. The lowest BCUT2D eigenvalue weighted by Gasteiger charge is -2.27. The number of amides is 1. The van der Waals surface area contributed by atoms with E-state index in [2.05, 4.69) is 5.32 Å². The summed E-state index contributed by atoms with van der Waals surface area (Å²) in [7, 11) is -3.38. The number of sulfonamides is 1. The van der Waals surface area contributed by atoms with Crippen LogP contribution in [0.5, 0.6) is 5.75 Å². The normalized spacial score (nSPS) is 13.0. The molecule has 2 aromatic carbocycles. The third-order valence-corrected chi connectivity index (χ3v) is 7.10. The molecule has 0 heterocycles. The van der Waals surface area contributed by atoms with Crippen LogP contribution in [0.4, 0.5) is 18.9 Å². The van der Waals surface area contributed by atoms with Gasteiger partial charge in [-0.05, 0) is 43.2 Å². The highest BCUT2D eigenvalue weighted by atomic mass is 35.5. The molecule has 0 spiro atoms. The minimum absolute atomic E-state index is 0.0178. The lowest BCUT2D eigenvalue weighted by molar-refractivity contribution is -0.137. The number of rotatable bonds is 8. The van der Waals surface area contributed by atoms with Gasteiger partial charge in [-0.2, -0.15) is 13.2 Å². The number of hydrogen-bond donors (Lipinski definition) is 1. The Morgan fingerprint density at radius 2 is 1.78 bits per heavy atom. The molecule has 1 amide bonds. The molecule has 0 bridgehead atoms. The van der Waals surface area contributed by atoms with E-state index in [1.54, 1.807) is 13.0 Å². The summed E-state index contributed by atoms with van der Waals surface area (Å²) < 4.78 is 72.6. The Morgan fingerprint density at radius 1 is 1.16 bits per heavy atom. The smallest absolute Gasteiger partial charge is 0.416 e. The van der Waals surface area contributed by atoms with E-state index in [-0.39, 0.29) is 23.4 Å². The highest BCUT2D eigenvalue weighted by Crippen LogP contribution is 2.37. The average Bonchev–Trinajstić information content (AvgIpc) is 2.71. The molecule has 0 saturated heterocycles. The summed E-state index contributed by atoms with van der Waals surface area (Å²) in [4.78, 5) is 11.9. The van der Waals surface area contributed by atoms with Crippen LogP contribution in [0.3, 0.4) is 0 Å². The van der Waals surface area contributed by atoms with Crippen molar-refractivity contribution in [3.05, 3.63) is 53.1 Å². The van der Waals surface area contributed by atoms with E-state index in [1.165, 1.54) is 25.3 Å². The standard InChI is InChI=1S/C21H24ClF3N2O4S/c1-13(2)14(3)26-20(28)12-27(17-7-5-6-8-18(17)31-4)32(29,30)19-11-15(21(23,24)25)9-10-16(19)22/h5-11,13-14H,12H2,1-4H3,(H,26,28). The second-order valence-electron chi connectivity index (χ2n) is 7.43. The topological polar surface area (TPSA) is 75.7 Å². The van der Waals surface area contributed by atoms with Crippen molar-refractivity contribution in [1.29, 1.82) is 0 Å². The summed E-state index contributed by atoms with van der Waals surface area (Å²) in [6, 6.07) is 7.70. The number of carbonyl (C=O) groups excluding carboxylic acids is 1. The van der Waals surface area contributed by atoms with Crippen LogP contribution in [0, 0.1) is 5.92 Å². The maximum absolute atomic E-state index is 13.5. The van der Waals surface area contributed by atoms with E-state index in [9.17, 15) is 26.4 Å². The Hall–Kier alpha value is -2.46. The number of halogens is 4. The van der Waals surface area contributed by atoms with Gasteiger partial charge in [-0.25, -0.2) is 8.42 Å². The fourth-order valence-electron chi connectivity index (χ4n) is 2.73. The van der Waals surface area contributed by atoms with Crippen molar-refractivity contribution in [3.63, 3.8) is 0 Å². The molecule has 11 heteroatoms. The highest BCUT2D eigenvalue weighted by Gasteiger charge is 2.36. The molecule has 0 aliphatic heterocycles. The molecule has 176 valence electrons. The quantitative estimate of drug-likeness (QED) is 0.578. The molecule has 2 rings (SSSR count). The van der Waals surface area contributed by atoms with E-state index < -0.39 is 44.1 Å². The van der Waals surface area contributed by atoms with Crippen molar-refractivity contribution < 1.29 is 31.1 Å². The largest absolute Gasteiger partial charge is 0.495 e. The first-order valence-electron chi connectivity index (χ1n) is 9.61. The Kier molecular flexibility index (Phi) is 8.06. The van der Waals surface area contributed by atoms with Gasteiger partial charge >= 0.3 is 6.18 Å². The molecule has 0 aliphatic carbocycles. The van der Waals surface area contributed by atoms with Crippen LogP contribution < -0.4 is 14.4 Å². The number of carbonyl (C=O) groups is 1. The SMILES string of the molecule is COc1ccccc1N(CC(=O)NC(C)C(C)C)S(=O)(=O)c1cc(C(F)(F)F)ccc1Cl. The van der Waals surface area contributed by atoms with E-state index in [4.69, 9.17) is 16.3 Å². The summed E-state index contributed by atoms with van der Waals surface area (Å²) in [6.07, 6.45) is -4.78. The molecular formula is C21H24ClF3N2O4S. The Balaban J connectivity index is 2.62. The van der Waals surface area contributed by atoms with E-state index >= 15 is 0 Å². The number of nitrogens with zero attached hydrogens (tertiary/aromatic N) is 1. The molecule has 1 atom stereocenters. The lowest BCUT2D eigenvalue weighted by Crippen LogP contribution is -2.45. The van der Waals surface area contributed by atoms with Crippen LogP contribution in [-0.2, 0) is 21.0 Å². The van der Waals surface area contributed by atoms with Gasteiger partial charge in [0.15, 0.2) is 0 Å². The van der Waals surface area contributed by atoms with Crippen molar-refractivity contribution in [2.24, 2.45) is 5.92 Å². The van der Waals surface area contributed by atoms with Crippen LogP contribution >= 0.6 is 11.6 Å². The zero-order valence-electron chi connectivity index (χ0n) is 17.9. The summed E-state index contributed by atoms with van der Waals surface area (Å²) in [6.45, 7) is 4.82. The molecule has 32 heavy (non-hydrogen) atoms. The van der Waals surface area contributed by atoms with Crippen LogP contribution in [0.25, 0.3) is 0 Å². The molecule has 6 nitrogen and oxygen atoms in total. The van der Waals surface area contributed by atoms with Gasteiger partial charge in [-0.15, -0.1) is 0 Å². The zero-order chi connectivity index (χ0) is 24.3. The van der Waals surface area contributed by atoms with Crippen LogP contribution in [0.1, 0.15) is 26.3 Å². The first kappa shape index (κ1) is 25.8. The number of para-hydroxylation sites is 2. The van der Waals surface area contributed by atoms with Crippen molar-refractivity contribution in [1.82, 2.24) is 5.32 Å². The molecule has 1 unspecified atom stereocenters. The van der Waals surface area contributed by atoms with Gasteiger partial charge in [0.05, 0.1) is 23.4 Å². The van der Waals surface area contributed by atoms with Crippen molar-refractivity contribution in [2.45, 2.75) is 37.9 Å². The summed E-state index contributed by atoms with van der Waals surface area (Å²) in [5.41, 5.74) is -1.20. The van der Waals surface area contributed by atoms with Gasteiger partial charge in [-0.3, -0.25) is 9.10 Å². The van der Waals surface area contributed by atoms with Gasteiger partial charge in [0, 0.05) is 6.04 Å². The summed E-state index contributed by atoms with van der Waals surface area (Å²) in [5, 5.41) is 2.28. The number of nitrogens with one attached hydrogen (secondary N) is 1. The number of methoxy groups -OCH3 is 1. The van der Waals surface area contributed by atoms with Gasteiger partial charge < -0.3 is 10.1 Å². The van der Waals surface area contributed by atoms with Gasteiger partial charge in [0.1, 0.15) is 17.2 Å². The van der Waals surface area contributed by atoms with Crippen molar-refractivity contribution >= 4 is 33.2 Å². The predicted molar refractivity (Wildman–Crippen MR) is 116 cm³/mol. The van der Waals surface area contributed by atoms with Gasteiger partial charge in [-0.1, -0.05) is 37.6 Å². The Labute approximate surface area is 190 Å². The fraction of sp³-hybridized carbons (Fsp3) is 0.381. The first-order valence-corrected chi connectivity index (χ1v) is 11.4. The average molecular weight is 493 g/mol. The molecule has 1 N–H and O–H groups in total. The van der Waals surface area contributed by atoms with E-state index in [0.717, 1.165) is 6.07 Å². The third-order valence-electron chi connectivity index (χ3n) is 4.86. The van der Waals surface area contributed by atoms with Crippen molar-refractivity contribution in [2.75, 3.05) is 18.0 Å². The fourth-order valence-corrected chi connectivity index (χ4v) is 4.66. The van der Waals surface area contributed by atoms with E-state index in [0.29, 0.717) is 16.4 Å². The zero-order valence-corrected chi connectivity index (χ0v) is 19.5. The number of ether oxygens (including phenoxy) is 1. The molecule has 0 fully saturated rings. The molecule has 0 aliphatic rings. The Bertz CT molecular complexity index is 1070. The number of anilines is 1. The molecule has 2 aromatic rings. The molecule has 0 aromatic heterocycles. The number of hydrogen-bond acceptors (Lipinski definition) is 4. The van der Waals surface area contributed by atoms with Crippen LogP contribution in [0.2, 0.25) is 5.02 Å². The second-order valence-corrected chi connectivity index (χ2v) is 9.66. The maximum Gasteiger partial charge on any atom is 0.416 e. The molecule has 0 radical (unpaired) electrons. The maximum atomic E-state index is 13.5. The van der Waals surface area contributed by atoms with Gasteiger partial charge in [0.25, 0.3) is 10.0 Å². The number of benzene rings is 2. The van der Waals surface area contributed by atoms with Crippen LogP contribution in [-0.4, -0.2) is 34.0 Å². The Morgan fingerprint density at radius 3 is 2.34 bits per heavy atom. The monoisotopic (exact) mass is 492 g/mol. The minimum atomic E-state index is -4.78. The highest BCUT2D eigenvalue weighted by molar-refractivity contribution is 7.93. The minimum Gasteiger partial charge on any atom is -0.495 e. The summed E-state index contributed by atoms with van der Waals surface area (Å²) in [5.74, 6) is -0.444. The first-order chi connectivity index (χ1) is 14.8. The number of alkyl halides is 3. The molecular weight excluding hydrogens is 469 g/mol. The molecule has 0 saturated carbocycles. The van der Waals surface area contributed by atoms with Crippen LogP contribution in [0.15, 0.2) is 47.4 Å². The third kappa shape index (κ3) is 5.86.